The number of pyridine rings is 1. The Balaban J connectivity index is 2.52. The topological polar surface area (TPSA) is 83.5 Å². The molecule has 100 valence electrons. The summed E-state index contributed by atoms with van der Waals surface area (Å²) in [6.45, 7) is 3.81. The van der Waals surface area contributed by atoms with Crippen molar-refractivity contribution in [2.75, 3.05) is 12.8 Å². The van der Waals surface area contributed by atoms with Gasteiger partial charge in [-0.15, -0.1) is 0 Å². The minimum absolute atomic E-state index is 0.0462. The zero-order valence-corrected chi connectivity index (χ0v) is 11.6. The number of aromatic nitrogens is 1. The van der Waals surface area contributed by atoms with Gasteiger partial charge in [0.25, 0.3) is 0 Å². The van der Waals surface area contributed by atoms with Gasteiger partial charge in [0, 0.05) is 18.0 Å². The molecule has 0 bridgehead atoms. The Morgan fingerprint density at radius 3 is 3.11 bits per heavy atom. The first-order valence-corrected chi connectivity index (χ1v) is 7.13. The predicted octanol–water partition coefficient (Wildman–Crippen LogP) is 1.41. The van der Waals surface area contributed by atoms with Crippen LogP contribution in [-0.4, -0.2) is 34.1 Å². The minimum atomic E-state index is 0.0462. The second kappa shape index (κ2) is 7.94. The Hall–Kier alpha value is -1.27. The molecule has 1 atom stereocenters. The number of hydrogen-bond acceptors (Lipinski definition) is 5. The van der Waals surface area contributed by atoms with E-state index in [1.54, 1.807) is 6.20 Å². The number of hydrogen-bond donors (Lipinski definition) is 3. The van der Waals surface area contributed by atoms with E-state index >= 15 is 0 Å². The van der Waals surface area contributed by atoms with Crippen LogP contribution in [0.4, 0.5) is 0 Å². The first-order valence-electron chi connectivity index (χ1n) is 5.84. The largest absolute Gasteiger partial charge is 0.409 e. The molecule has 1 unspecified atom stereocenters. The zero-order valence-electron chi connectivity index (χ0n) is 10.8. The third-order valence-electron chi connectivity index (χ3n) is 2.69. The fourth-order valence-electron chi connectivity index (χ4n) is 1.51. The van der Waals surface area contributed by atoms with Crippen LogP contribution in [0.5, 0.6) is 0 Å². The molecule has 1 heterocycles. The molecule has 0 saturated carbocycles. The molecule has 0 aromatic carbocycles. The van der Waals surface area contributed by atoms with Crippen LogP contribution in [0.2, 0.25) is 0 Å². The van der Waals surface area contributed by atoms with E-state index in [-0.39, 0.29) is 5.84 Å². The van der Waals surface area contributed by atoms with Crippen molar-refractivity contribution in [1.82, 2.24) is 10.3 Å². The molecule has 5 nitrogen and oxygen atoms in total. The van der Waals surface area contributed by atoms with E-state index in [0.717, 1.165) is 18.5 Å². The summed E-state index contributed by atoms with van der Waals surface area (Å²) in [6, 6.07) is 3.76. The second-order valence-corrected chi connectivity index (χ2v) is 5.28. The number of nitrogens with one attached hydrogen (secondary N) is 1. The summed E-state index contributed by atoms with van der Waals surface area (Å²) in [5, 5.41) is 15.7. The highest BCUT2D eigenvalue weighted by atomic mass is 32.2. The van der Waals surface area contributed by atoms with Crippen LogP contribution in [0.15, 0.2) is 23.5 Å². The summed E-state index contributed by atoms with van der Waals surface area (Å²) in [7, 11) is 0. The van der Waals surface area contributed by atoms with Crippen molar-refractivity contribution in [3.63, 3.8) is 0 Å². The number of oxime groups is 1. The Morgan fingerprint density at radius 2 is 2.44 bits per heavy atom. The molecule has 0 saturated heterocycles. The van der Waals surface area contributed by atoms with E-state index in [1.165, 1.54) is 0 Å². The molecule has 0 amide bonds. The first kappa shape index (κ1) is 14.8. The molecular weight excluding hydrogens is 248 g/mol. The van der Waals surface area contributed by atoms with Gasteiger partial charge >= 0.3 is 0 Å². The summed E-state index contributed by atoms with van der Waals surface area (Å²) in [6.07, 6.45) is 4.86. The van der Waals surface area contributed by atoms with Gasteiger partial charge in [0.2, 0.25) is 0 Å². The van der Waals surface area contributed by atoms with Crippen LogP contribution in [0.25, 0.3) is 0 Å². The smallest absolute Gasteiger partial charge is 0.189 e. The van der Waals surface area contributed by atoms with Crippen molar-refractivity contribution >= 4 is 17.6 Å². The highest BCUT2D eigenvalue weighted by molar-refractivity contribution is 7.99. The highest BCUT2D eigenvalue weighted by Crippen LogP contribution is 2.09. The molecule has 0 radical (unpaired) electrons. The van der Waals surface area contributed by atoms with Crippen molar-refractivity contribution in [1.29, 1.82) is 0 Å². The lowest BCUT2D eigenvalue weighted by atomic mass is 10.2. The molecule has 1 rings (SSSR count). The summed E-state index contributed by atoms with van der Waals surface area (Å²) in [5.74, 6) is 0.0462. The van der Waals surface area contributed by atoms with Crippen LogP contribution >= 0.6 is 11.8 Å². The van der Waals surface area contributed by atoms with Crippen LogP contribution in [0, 0.1) is 0 Å². The van der Waals surface area contributed by atoms with E-state index < -0.39 is 0 Å². The molecule has 0 aliphatic heterocycles. The maximum atomic E-state index is 8.69. The second-order valence-electron chi connectivity index (χ2n) is 4.01. The Morgan fingerprint density at radius 1 is 1.67 bits per heavy atom. The van der Waals surface area contributed by atoms with Crippen molar-refractivity contribution in [3.05, 3.63) is 29.6 Å². The fraction of sp³-hybridized carbons (Fsp3) is 0.500. The monoisotopic (exact) mass is 268 g/mol. The van der Waals surface area contributed by atoms with Gasteiger partial charge in [-0.25, -0.2) is 0 Å². The van der Waals surface area contributed by atoms with E-state index in [1.807, 2.05) is 23.9 Å². The van der Waals surface area contributed by atoms with Gasteiger partial charge in [-0.05, 0) is 30.9 Å². The summed E-state index contributed by atoms with van der Waals surface area (Å²) in [4.78, 5) is 4.12. The normalized spacial score (nSPS) is 13.6. The zero-order chi connectivity index (χ0) is 13.4. The molecule has 0 aliphatic carbocycles. The molecule has 18 heavy (non-hydrogen) atoms. The number of nitrogens with zero attached hydrogens (tertiary/aromatic N) is 2. The van der Waals surface area contributed by atoms with Gasteiger partial charge < -0.3 is 16.3 Å². The quantitative estimate of drug-likeness (QED) is 0.229. The predicted molar refractivity (Wildman–Crippen MR) is 76.0 cm³/mol. The number of amidine groups is 1. The van der Waals surface area contributed by atoms with E-state index in [0.29, 0.717) is 17.5 Å². The number of nitrogens with two attached hydrogens (primary N) is 1. The van der Waals surface area contributed by atoms with Crippen LogP contribution < -0.4 is 11.1 Å². The Labute approximate surface area is 112 Å². The molecule has 6 heteroatoms. The van der Waals surface area contributed by atoms with Gasteiger partial charge in [0.1, 0.15) is 5.69 Å². The number of thioether (sulfide) groups is 1. The molecule has 0 spiro atoms. The summed E-state index contributed by atoms with van der Waals surface area (Å²) < 4.78 is 0. The van der Waals surface area contributed by atoms with E-state index in [9.17, 15) is 0 Å². The molecule has 1 aromatic heterocycles. The molecule has 1 aromatic rings. The summed E-state index contributed by atoms with van der Waals surface area (Å²) in [5.41, 5.74) is 7.04. The average molecular weight is 268 g/mol. The van der Waals surface area contributed by atoms with Gasteiger partial charge in [-0.2, -0.15) is 11.8 Å². The highest BCUT2D eigenvalue weighted by Gasteiger charge is 2.07. The molecule has 0 fully saturated rings. The average Bonchev–Trinajstić information content (AvgIpc) is 2.42. The third kappa shape index (κ3) is 4.54. The minimum Gasteiger partial charge on any atom is -0.409 e. The van der Waals surface area contributed by atoms with Crippen molar-refractivity contribution in [2.45, 2.75) is 25.1 Å². The lowest BCUT2D eigenvalue weighted by Crippen LogP contribution is -2.22. The van der Waals surface area contributed by atoms with Crippen molar-refractivity contribution in [3.8, 4) is 0 Å². The van der Waals surface area contributed by atoms with E-state index in [2.05, 4.69) is 28.6 Å². The summed E-state index contributed by atoms with van der Waals surface area (Å²) >= 11 is 1.86. The van der Waals surface area contributed by atoms with Crippen LogP contribution in [0.3, 0.4) is 0 Å². The molecular formula is C12H20N4OS. The lowest BCUT2D eigenvalue weighted by molar-refractivity contribution is 0.318. The molecule has 4 N–H and O–H groups in total. The first-order chi connectivity index (χ1) is 8.69. The van der Waals surface area contributed by atoms with Gasteiger partial charge in [-0.1, -0.05) is 18.1 Å². The van der Waals surface area contributed by atoms with Crippen LogP contribution in [0.1, 0.15) is 24.6 Å². The maximum Gasteiger partial charge on any atom is 0.189 e. The fourth-order valence-corrected chi connectivity index (χ4v) is 1.86. The standard InChI is InChI=1S/C12H20N4OS/c1-9(18-2)5-7-14-8-10-4-3-6-15-11(10)12(13)16-17/h3-4,6,9,14,17H,5,7-8H2,1-2H3,(H2,13,16). The lowest BCUT2D eigenvalue weighted by Gasteiger charge is -2.10. The Kier molecular flexibility index (Phi) is 6.53. The van der Waals surface area contributed by atoms with Crippen molar-refractivity contribution in [2.24, 2.45) is 10.9 Å². The number of rotatable bonds is 7. The SMILES string of the molecule is CSC(C)CCNCc1cccnc1/C(N)=N/O. The van der Waals surface area contributed by atoms with Gasteiger partial charge in [0.05, 0.1) is 0 Å². The maximum absolute atomic E-state index is 8.69. The van der Waals surface area contributed by atoms with E-state index in [4.69, 9.17) is 10.9 Å². The van der Waals surface area contributed by atoms with Gasteiger partial charge in [0.15, 0.2) is 5.84 Å². The Bertz CT molecular complexity index is 397. The van der Waals surface area contributed by atoms with Crippen LogP contribution in [-0.2, 0) is 6.54 Å². The van der Waals surface area contributed by atoms with Gasteiger partial charge in [-0.3, -0.25) is 4.98 Å². The van der Waals surface area contributed by atoms with Crippen molar-refractivity contribution < 1.29 is 5.21 Å². The molecule has 0 aliphatic rings. The third-order valence-corrected chi connectivity index (χ3v) is 3.73.